The van der Waals surface area contributed by atoms with Gasteiger partial charge in [-0.2, -0.15) is 0 Å². The number of ether oxygens (including phenoxy) is 3. The number of thiophene rings is 1. The molecule has 3 aromatic rings. The van der Waals surface area contributed by atoms with E-state index >= 15 is 0 Å². The Labute approximate surface area is 171 Å². The predicted molar refractivity (Wildman–Crippen MR) is 112 cm³/mol. The average molecular weight is 401 g/mol. The summed E-state index contributed by atoms with van der Waals surface area (Å²) >= 11 is 1.57. The molecule has 2 aromatic carbocycles. The van der Waals surface area contributed by atoms with Crippen LogP contribution in [0.3, 0.4) is 0 Å². The molecule has 1 aromatic heterocycles. The Kier molecular flexibility index (Phi) is 4.26. The molecule has 0 N–H and O–H groups in total. The molecule has 5 nitrogen and oxygen atoms in total. The highest BCUT2D eigenvalue weighted by molar-refractivity contribution is 7.11. The highest BCUT2D eigenvalue weighted by atomic mass is 32.1. The van der Waals surface area contributed by atoms with Crippen molar-refractivity contribution in [2.75, 3.05) is 7.11 Å². The van der Waals surface area contributed by atoms with E-state index in [1.54, 1.807) is 30.6 Å². The number of allylic oxidation sites excluding steroid dienone is 2. The smallest absolute Gasteiger partial charge is 0.364 e. The van der Waals surface area contributed by atoms with Crippen molar-refractivity contribution in [1.82, 2.24) is 0 Å². The molecule has 0 aliphatic carbocycles. The Morgan fingerprint density at radius 1 is 0.966 bits per heavy atom. The van der Waals surface area contributed by atoms with Crippen LogP contribution in [0.25, 0.3) is 11.3 Å². The molecular weight excluding hydrogens is 386 g/mol. The number of fused-ring (bicyclic) bond motifs is 1. The van der Waals surface area contributed by atoms with E-state index in [4.69, 9.17) is 14.2 Å². The van der Waals surface area contributed by atoms with E-state index in [0.29, 0.717) is 22.6 Å². The van der Waals surface area contributed by atoms with Crippen LogP contribution in [0.2, 0.25) is 0 Å². The van der Waals surface area contributed by atoms with E-state index in [1.165, 1.54) is 0 Å². The van der Waals surface area contributed by atoms with Crippen molar-refractivity contribution in [2.24, 2.45) is 4.99 Å². The molecule has 142 valence electrons. The number of cyclic esters (lactones) is 1. The molecule has 29 heavy (non-hydrogen) atoms. The summed E-state index contributed by atoms with van der Waals surface area (Å²) < 4.78 is 16.7. The molecule has 0 amide bonds. The van der Waals surface area contributed by atoms with Gasteiger partial charge in [-0.05, 0) is 47.9 Å². The largest absolute Gasteiger partial charge is 0.497 e. The number of aliphatic imine (C=N–C) groups is 1. The Balaban J connectivity index is 1.64. The third kappa shape index (κ3) is 3.13. The molecular formula is C23H15NO4S. The second-order valence-electron chi connectivity index (χ2n) is 6.38. The molecule has 2 aliphatic rings. The van der Waals surface area contributed by atoms with E-state index in [9.17, 15) is 4.79 Å². The van der Waals surface area contributed by atoms with Crippen LogP contribution >= 0.6 is 11.3 Å². The first-order valence-corrected chi connectivity index (χ1v) is 9.83. The number of benzene rings is 2. The maximum Gasteiger partial charge on any atom is 0.364 e. The van der Waals surface area contributed by atoms with Gasteiger partial charge in [0.05, 0.1) is 12.0 Å². The number of hydrogen-bond acceptors (Lipinski definition) is 6. The molecule has 0 fully saturated rings. The summed E-state index contributed by atoms with van der Waals surface area (Å²) in [6.07, 6.45) is 1.85. The van der Waals surface area contributed by atoms with Gasteiger partial charge in [0.2, 0.25) is 5.90 Å². The Morgan fingerprint density at radius 2 is 1.79 bits per heavy atom. The van der Waals surface area contributed by atoms with Gasteiger partial charge >= 0.3 is 5.97 Å². The minimum absolute atomic E-state index is 0.264. The molecule has 0 radical (unpaired) electrons. The summed E-state index contributed by atoms with van der Waals surface area (Å²) in [4.78, 5) is 18.2. The third-order valence-electron chi connectivity index (χ3n) is 4.62. The standard InChI is InChI=1S/C23H15NO4S/c1-26-15-10-8-14(9-11-15)22-24-21(23(25)28-22)17-13-19(20-7-4-12-29-20)27-18-6-3-2-5-16(17)18/h2-13H,1H3. The monoisotopic (exact) mass is 401 g/mol. The van der Waals surface area contributed by atoms with Crippen molar-refractivity contribution in [1.29, 1.82) is 0 Å². The van der Waals surface area contributed by atoms with Gasteiger partial charge in [0, 0.05) is 16.7 Å². The van der Waals surface area contributed by atoms with E-state index in [-0.39, 0.29) is 11.6 Å². The predicted octanol–water partition coefficient (Wildman–Crippen LogP) is 4.90. The summed E-state index contributed by atoms with van der Waals surface area (Å²) in [5, 5.41) is 1.98. The van der Waals surface area contributed by atoms with Gasteiger partial charge in [0.25, 0.3) is 0 Å². The zero-order valence-electron chi connectivity index (χ0n) is 15.4. The van der Waals surface area contributed by atoms with E-state index in [2.05, 4.69) is 4.99 Å². The summed E-state index contributed by atoms with van der Waals surface area (Å²) in [6, 6.07) is 18.8. The fraction of sp³-hybridized carbons (Fsp3) is 0.0435. The Hall–Kier alpha value is -3.64. The van der Waals surface area contributed by atoms with Crippen LogP contribution < -0.4 is 9.47 Å². The molecule has 0 bridgehead atoms. The lowest BCUT2D eigenvalue weighted by atomic mass is 9.99. The number of nitrogens with zero attached hydrogens (tertiary/aromatic N) is 1. The van der Waals surface area contributed by atoms with Gasteiger partial charge in [-0.3, -0.25) is 0 Å². The fourth-order valence-electron chi connectivity index (χ4n) is 3.20. The van der Waals surface area contributed by atoms with Crippen LogP contribution in [-0.2, 0) is 9.53 Å². The van der Waals surface area contributed by atoms with E-state index in [1.807, 2.05) is 60.0 Å². The highest BCUT2D eigenvalue weighted by Crippen LogP contribution is 2.40. The Morgan fingerprint density at radius 3 is 2.55 bits per heavy atom. The lowest BCUT2D eigenvalue weighted by molar-refractivity contribution is -0.129. The van der Waals surface area contributed by atoms with Crippen LogP contribution in [0.5, 0.6) is 11.5 Å². The molecule has 0 saturated carbocycles. The minimum atomic E-state index is -0.482. The molecule has 0 unspecified atom stereocenters. The van der Waals surface area contributed by atoms with Crippen LogP contribution in [0.15, 0.2) is 82.8 Å². The van der Waals surface area contributed by atoms with E-state index in [0.717, 1.165) is 16.2 Å². The molecule has 0 spiro atoms. The van der Waals surface area contributed by atoms with Gasteiger partial charge in [0.1, 0.15) is 17.3 Å². The SMILES string of the molecule is COc1ccc(C2=NC(=C3C=C(c4cccs4)Oc4ccccc43)C(=O)O2)cc1. The summed E-state index contributed by atoms with van der Waals surface area (Å²) in [6.45, 7) is 0. The first kappa shape index (κ1) is 17.5. The fourth-order valence-corrected chi connectivity index (χ4v) is 3.88. The van der Waals surface area contributed by atoms with Gasteiger partial charge in [-0.1, -0.05) is 24.3 Å². The first-order chi connectivity index (χ1) is 14.2. The molecule has 0 saturated heterocycles. The molecule has 0 atom stereocenters. The van der Waals surface area contributed by atoms with Crippen LogP contribution in [0, 0.1) is 0 Å². The highest BCUT2D eigenvalue weighted by Gasteiger charge is 2.30. The van der Waals surface area contributed by atoms with Crippen molar-refractivity contribution < 1.29 is 19.0 Å². The van der Waals surface area contributed by atoms with Crippen molar-refractivity contribution in [3.05, 3.63) is 93.8 Å². The zero-order valence-corrected chi connectivity index (χ0v) is 16.2. The lowest BCUT2D eigenvalue weighted by Gasteiger charge is -2.19. The van der Waals surface area contributed by atoms with Gasteiger partial charge < -0.3 is 14.2 Å². The summed E-state index contributed by atoms with van der Waals surface area (Å²) in [5.41, 5.74) is 2.46. The van der Waals surface area contributed by atoms with Gasteiger partial charge in [0.15, 0.2) is 5.70 Å². The number of carbonyl (C=O) groups excluding carboxylic acids is 1. The number of esters is 1. The minimum Gasteiger partial charge on any atom is -0.497 e. The summed E-state index contributed by atoms with van der Waals surface area (Å²) in [5.74, 6) is 1.88. The number of hydrogen-bond donors (Lipinski definition) is 0. The number of methoxy groups -OCH3 is 1. The van der Waals surface area contributed by atoms with Gasteiger partial charge in [-0.25, -0.2) is 9.79 Å². The van der Waals surface area contributed by atoms with Crippen LogP contribution in [0.4, 0.5) is 0 Å². The first-order valence-electron chi connectivity index (χ1n) is 8.95. The van der Waals surface area contributed by atoms with E-state index < -0.39 is 5.97 Å². The quantitative estimate of drug-likeness (QED) is 0.462. The maximum atomic E-state index is 12.7. The number of rotatable bonds is 3. The molecule has 3 heterocycles. The molecule has 6 heteroatoms. The number of para-hydroxylation sites is 1. The molecule has 5 rings (SSSR count). The van der Waals surface area contributed by atoms with Crippen molar-refractivity contribution in [3.8, 4) is 11.5 Å². The maximum absolute atomic E-state index is 12.7. The van der Waals surface area contributed by atoms with Gasteiger partial charge in [-0.15, -0.1) is 11.3 Å². The lowest BCUT2D eigenvalue weighted by Crippen LogP contribution is -2.08. The number of carbonyl (C=O) groups is 1. The zero-order chi connectivity index (χ0) is 19.8. The molecule has 2 aliphatic heterocycles. The van der Waals surface area contributed by atoms with Crippen LogP contribution in [0.1, 0.15) is 16.0 Å². The topological polar surface area (TPSA) is 57.1 Å². The van der Waals surface area contributed by atoms with Crippen molar-refractivity contribution >= 4 is 34.5 Å². The Bertz CT molecular complexity index is 1190. The average Bonchev–Trinajstić information content (AvgIpc) is 3.43. The van der Waals surface area contributed by atoms with Crippen LogP contribution in [-0.4, -0.2) is 19.0 Å². The van der Waals surface area contributed by atoms with Crippen molar-refractivity contribution in [3.63, 3.8) is 0 Å². The summed E-state index contributed by atoms with van der Waals surface area (Å²) in [7, 11) is 1.60. The third-order valence-corrected chi connectivity index (χ3v) is 5.51. The second kappa shape index (κ2) is 7.07. The second-order valence-corrected chi connectivity index (χ2v) is 7.33. The normalized spacial score (nSPS) is 17.8. The van der Waals surface area contributed by atoms with Crippen molar-refractivity contribution in [2.45, 2.75) is 0 Å².